The average molecular weight is 382 g/mol. The van der Waals surface area contributed by atoms with Crippen molar-refractivity contribution in [2.24, 2.45) is 5.10 Å². The average Bonchev–Trinajstić information content (AvgIpc) is 3.20. The molecule has 1 heterocycles. The molecule has 3 rings (SSSR count). The van der Waals surface area contributed by atoms with Gasteiger partial charge >= 0.3 is 0 Å². The maximum atomic E-state index is 12.0. The van der Waals surface area contributed by atoms with Gasteiger partial charge in [-0.05, 0) is 47.3 Å². The summed E-state index contributed by atoms with van der Waals surface area (Å²) in [7, 11) is 1.56. The molecular weight excluding hydrogens is 364 g/mol. The summed E-state index contributed by atoms with van der Waals surface area (Å²) < 4.78 is 11.1. The fourth-order valence-electron chi connectivity index (χ4n) is 2.32. The maximum absolute atomic E-state index is 12.0. The lowest BCUT2D eigenvalue weighted by Crippen LogP contribution is -2.17. The van der Waals surface area contributed by atoms with Crippen LogP contribution < -0.4 is 14.9 Å². The quantitative estimate of drug-likeness (QED) is 0.481. The van der Waals surface area contributed by atoms with Crippen LogP contribution in [0, 0.1) is 0 Å². The summed E-state index contributed by atoms with van der Waals surface area (Å²) in [4.78, 5) is 13.1. The number of amides is 1. The van der Waals surface area contributed by atoms with Crippen molar-refractivity contribution in [2.75, 3.05) is 7.11 Å². The van der Waals surface area contributed by atoms with Gasteiger partial charge in [0, 0.05) is 4.88 Å². The molecule has 0 aliphatic rings. The molecule has 3 aromatic rings. The third-order valence-corrected chi connectivity index (χ3v) is 4.52. The molecule has 1 aromatic heterocycles. The van der Waals surface area contributed by atoms with Crippen LogP contribution in [0.3, 0.4) is 0 Å². The van der Waals surface area contributed by atoms with Gasteiger partial charge in [-0.15, -0.1) is 11.3 Å². The van der Waals surface area contributed by atoms with Crippen molar-refractivity contribution in [1.29, 1.82) is 0 Å². The molecule has 1 amide bonds. The Hall–Kier alpha value is -3.32. The normalized spacial score (nSPS) is 10.7. The van der Waals surface area contributed by atoms with E-state index in [1.165, 1.54) is 18.3 Å². The van der Waals surface area contributed by atoms with Gasteiger partial charge in [0.05, 0.1) is 18.9 Å². The molecule has 0 saturated heterocycles. The van der Waals surface area contributed by atoms with Crippen molar-refractivity contribution in [2.45, 2.75) is 6.61 Å². The van der Waals surface area contributed by atoms with E-state index in [1.807, 2.05) is 23.6 Å². The van der Waals surface area contributed by atoms with Gasteiger partial charge in [-0.2, -0.15) is 5.10 Å². The monoisotopic (exact) mass is 382 g/mol. The van der Waals surface area contributed by atoms with E-state index in [0.29, 0.717) is 18.1 Å². The zero-order valence-electron chi connectivity index (χ0n) is 14.6. The Bertz CT molecular complexity index is 939. The van der Waals surface area contributed by atoms with E-state index in [9.17, 15) is 9.90 Å². The van der Waals surface area contributed by atoms with E-state index in [0.717, 1.165) is 10.4 Å². The Kier molecular flexibility index (Phi) is 6.06. The van der Waals surface area contributed by atoms with Crippen LogP contribution in [0.4, 0.5) is 0 Å². The Morgan fingerprint density at radius 3 is 2.78 bits per heavy atom. The van der Waals surface area contributed by atoms with Crippen LogP contribution in [0.1, 0.15) is 20.8 Å². The van der Waals surface area contributed by atoms with Crippen LogP contribution >= 0.6 is 11.3 Å². The summed E-state index contributed by atoms with van der Waals surface area (Å²) >= 11 is 1.63. The maximum Gasteiger partial charge on any atom is 0.275 e. The first-order valence-corrected chi connectivity index (χ1v) is 9.00. The zero-order chi connectivity index (χ0) is 19.1. The minimum Gasteiger partial charge on any atom is -0.507 e. The number of nitrogens with zero attached hydrogens (tertiary/aromatic N) is 1. The number of benzene rings is 2. The fraction of sp³-hybridized carbons (Fsp3) is 0.100. The van der Waals surface area contributed by atoms with E-state index < -0.39 is 5.91 Å². The Labute approximate surface area is 160 Å². The van der Waals surface area contributed by atoms with Gasteiger partial charge in [0.2, 0.25) is 0 Å². The third-order valence-electron chi connectivity index (χ3n) is 3.67. The number of hydrogen-bond donors (Lipinski definition) is 2. The molecule has 0 fully saturated rings. The number of carbonyl (C=O) groups is 1. The van der Waals surface area contributed by atoms with Crippen molar-refractivity contribution >= 4 is 23.5 Å². The lowest BCUT2D eigenvalue weighted by molar-refractivity contribution is 0.0952. The van der Waals surface area contributed by atoms with Gasteiger partial charge in [-0.3, -0.25) is 4.79 Å². The molecule has 0 bridgehead atoms. The number of nitrogens with one attached hydrogen (secondary N) is 1. The van der Waals surface area contributed by atoms with E-state index >= 15 is 0 Å². The van der Waals surface area contributed by atoms with Crippen LogP contribution in [-0.2, 0) is 6.61 Å². The number of aromatic hydroxyl groups is 1. The lowest BCUT2D eigenvalue weighted by Gasteiger charge is -2.10. The van der Waals surface area contributed by atoms with Gasteiger partial charge in [-0.25, -0.2) is 5.43 Å². The molecule has 0 aliphatic carbocycles. The number of carbonyl (C=O) groups excluding carboxylic acids is 1. The molecule has 0 aliphatic heterocycles. The van der Waals surface area contributed by atoms with E-state index in [1.54, 1.807) is 42.7 Å². The fourth-order valence-corrected chi connectivity index (χ4v) is 2.93. The van der Waals surface area contributed by atoms with Crippen LogP contribution in [0.25, 0.3) is 0 Å². The van der Waals surface area contributed by atoms with Gasteiger partial charge in [0.25, 0.3) is 5.91 Å². The molecular formula is C20H18N2O4S. The van der Waals surface area contributed by atoms with Crippen molar-refractivity contribution in [3.05, 3.63) is 76.0 Å². The highest BCUT2D eigenvalue weighted by Crippen LogP contribution is 2.28. The number of hydrogen-bond acceptors (Lipinski definition) is 6. The summed E-state index contributed by atoms with van der Waals surface area (Å²) in [6, 6.07) is 15.6. The van der Waals surface area contributed by atoms with Crippen LogP contribution in [0.2, 0.25) is 0 Å². The molecule has 0 radical (unpaired) electrons. The molecule has 2 N–H and O–H groups in total. The largest absolute Gasteiger partial charge is 0.507 e. The first kappa shape index (κ1) is 18.5. The Morgan fingerprint density at radius 2 is 2.04 bits per heavy atom. The van der Waals surface area contributed by atoms with Gasteiger partial charge in [-0.1, -0.05) is 18.2 Å². The topological polar surface area (TPSA) is 80.2 Å². The number of hydrazone groups is 1. The molecule has 0 spiro atoms. The highest BCUT2D eigenvalue weighted by Gasteiger charge is 2.09. The SMILES string of the molecule is COc1cc(/C=N\NC(=O)c2ccccc2O)ccc1OCc1cccs1. The molecule has 0 unspecified atom stereocenters. The molecule has 6 nitrogen and oxygen atoms in total. The Morgan fingerprint density at radius 1 is 1.19 bits per heavy atom. The number of thiophene rings is 1. The summed E-state index contributed by atoms with van der Waals surface area (Å²) in [6.07, 6.45) is 1.49. The number of phenols is 1. The summed E-state index contributed by atoms with van der Waals surface area (Å²) in [5.41, 5.74) is 3.27. The van der Waals surface area contributed by atoms with Gasteiger partial charge < -0.3 is 14.6 Å². The molecule has 27 heavy (non-hydrogen) atoms. The second-order valence-corrected chi connectivity index (χ2v) is 6.53. The van der Waals surface area contributed by atoms with Crippen LogP contribution in [0.15, 0.2) is 65.1 Å². The minimum absolute atomic E-state index is 0.0980. The van der Waals surface area contributed by atoms with E-state index in [-0.39, 0.29) is 11.3 Å². The first-order valence-electron chi connectivity index (χ1n) is 8.12. The molecule has 0 atom stereocenters. The molecule has 7 heteroatoms. The van der Waals surface area contributed by atoms with Gasteiger partial charge in [0.15, 0.2) is 11.5 Å². The Balaban J connectivity index is 1.63. The number of methoxy groups -OCH3 is 1. The van der Waals surface area contributed by atoms with E-state index in [2.05, 4.69) is 10.5 Å². The highest BCUT2D eigenvalue weighted by atomic mass is 32.1. The van der Waals surface area contributed by atoms with Crippen molar-refractivity contribution in [1.82, 2.24) is 5.43 Å². The second-order valence-electron chi connectivity index (χ2n) is 5.49. The predicted octanol–water partition coefficient (Wildman–Crippen LogP) is 3.81. The molecule has 138 valence electrons. The standard InChI is InChI=1S/C20H18N2O4S/c1-25-19-11-14(8-9-18(19)26-13-15-5-4-10-27-15)12-21-22-20(24)16-6-2-3-7-17(16)23/h2-12,23H,13H2,1H3,(H,22,24)/b21-12-. The number of phenolic OH excluding ortho intramolecular Hbond substituents is 1. The van der Waals surface area contributed by atoms with Crippen molar-refractivity contribution in [3.8, 4) is 17.2 Å². The zero-order valence-corrected chi connectivity index (χ0v) is 15.4. The predicted molar refractivity (Wildman–Crippen MR) is 105 cm³/mol. The third kappa shape index (κ3) is 4.86. The number of para-hydroxylation sites is 1. The highest BCUT2D eigenvalue weighted by molar-refractivity contribution is 7.09. The molecule has 0 saturated carbocycles. The smallest absolute Gasteiger partial charge is 0.275 e. The first-order chi connectivity index (χ1) is 13.2. The van der Waals surface area contributed by atoms with Crippen molar-refractivity contribution < 1.29 is 19.4 Å². The second kappa shape index (κ2) is 8.86. The lowest BCUT2D eigenvalue weighted by atomic mass is 10.2. The summed E-state index contributed by atoms with van der Waals surface area (Å²) in [5, 5.41) is 15.6. The molecule has 2 aromatic carbocycles. The van der Waals surface area contributed by atoms with Gasteiger partial charge in [0.1, 0.15) is 12.4 Å². The number of rotatable bonds is 7. The number of ether oxygens (including phenoxy) is 2. The summed E-state index contributed by atoms with van der Waals surface area (Å²) in [6.45, 7) is 0.470. The van der Waals surface area contributed by atoms with Crippen molar-refractivity contribution in [3.63, 3.8) is 0 Å². The van der Waals surface area contributed by atoms with Crippen LogP contribution in [-0.4, -0.2) is 24.3 Å². The minimum atomic E-state index is -0.493. The summed E-state index contributed by atoms with van der Waals surface area (Å²) in [5.74, 6) is 0.607. The van der Waals surface area contributed by atoms with Crippen LogP contribution in [0.5, 0.6) is 17.2 Å². The van der Waals surface area contributed by atoms with E-state index in [4.69, 9.17) is 9.47 Å².